The highest BCUT2D eigenvalue weighted by Crippen LogP contribution is 2.31. The molecule has 5 heteroatoms. The summed E-state index contributed by atoms with van der Waals surface area (Å²) in [4.78, 5) is 2.65. The summed E-state index contributed by atoms with van der Waals surface area (Å²) in [6.07, 6.45) is 0.996. The molecule has 0 amide bonds. The van der Waals surface area contributed by atoms with Gasteiger partial charge in [0.2, 0.25) is 9.84 Å². The molecular weight excluding hydrogens is 308 g/mol. The van der Waals surface area contributed by atoms with E-state index in [9.17, 15) is 13.7 Å². The fourth-order valence-electron chi connectivity index (χ4n) is 3.08. The van der Waals surface area contributed by atoms with Gasteiger partial charge in [0.25, 0.3) is 0 Å². The van der Waals surface area contributed by atoms with Crippen molar-refractivity contribution >= 4 is 9.84 Å². The van der Waals surface area contributed by atoms with Gasteiger partial charge in [0.05, 0.1) is 21.4 Å². The number of hydrogen-bond acceptors (Lipinski definition) is 4. The SMILES string of the molecule is CN1CCC(c2ccc(S(=O)(=O)c3ccccc3)cc2C#N)C1. The van der Waals surface area contributed by atoms with Crippen molar-refractivity contribution in [2.75, 3.05) is 20.1 Å². The fourth-order valence-corrected chi connectivity index (χ4v) is 4.39. The third kappa shape index (κ3) is 3.00. The molecule has 1 heterocycles. The summed E-state index contributed by atoms with van der Waals surface area (Å²) in [6.45, 7) is 1.90. The summed E-state index contributed by atoms with van der Waals surface area (Å²) in [5, 5.41) is 9.45. The van der Waals surface area contributed by atoms with Crippen LogP contribution in [0.25, 0.3) is 0 Å². The van der Waals surface area contributed by atoms with E-state index in [0.29, 0.717) is 11.5 Å². The normalized spacial score (nSPS) is 18.7. The Morgan fingerprint density at radius 3 is 2.48 bits per heavy atom. The number of likely N-dealkylation sites (tertiary alicyclic amines) is 1. The van der Waals surface area contributed by atoms with Crippen LogP contribution in [0.2, 0.25) is 0 Å². The van der Waals surface area contributed by atoms with E-state index in [4.69, 9.17) is 0 Å². The lowest BCUT2D eigenvalue weighted by Crippen LogP contribution is -2.14. The molecule has 1 saturated heterocycles. The van der Waals surface area contributed by atoms with Crippen molar-refractivity contribution in [1.82, 2.24) is 4.90 Å². The van der Waals surface area contributed by atoms with Crippen LogP contribution in [-0.4, -0.2) is 33.5 Å². The van der Waals surface area contributed by atoms with E-state index in [2.05, 4.69) is 18.0 Å². The number of sulfone groups is 1. The van der Waals surface area contributed by atoms with Crippen LogP contribution in [0.4, 0.5) is 0 Å². The van der Waals surface area contributed by atoms with Crippen LogP contribution in [0, 0.1) is 11.3 Å². The zero-order valence-corrected chi connectivity index (χ0v) is 13.8. The molecule has 3 rings (SSSR count). The monoisotopic (exact) mass is 326 g/mol. The van der Waals surface area contributed by atoms with Crippen LogP contribution in [0.3, 0.4) is 0 Å². The summed E-state index contributed by atoms with van der Waals surface area (Å²) in [5.74, 6) is 0.295. The van der Waals surface area contributed by atoms with Crippen molar-refractivity contribution < 1.29 is 8.42 Å². The first kappa shape index (κ1) is 15.7. The molecule has 1 unspecified atom stereocenters. The molecule has 0 aliphatic carbocycles. The number of rotatable bonds is 3. The summed E-state index contributed by atoms with van der Waals surface area (Å²) in [6, 6.07) is 15.4. The summed E-state index contributed by atoms with van der Waals surface area (Å²) in [5.41, 5.74) is 1.41. The second-order valence-electron chi connectivity index (χ2n) is 5.93. The second kappa shape index (κ2) is 6.15. The van der Waals surface area contributed by atoms with Gasteiger partial charge in [-0.2, -0.15) is 5.26 Å². The lowest BCUT2D eigenvalue weighted by Gasteiger charge is -2.14. The van der Waals surface area contributed by atoms with Crippen LogP contribution in [0.5, 0.6) is 0 Å². The Bertz CT molecular complexity index is 854. The van der Waals surface area contributed by atoms with Gasteiger partial charge in [-0.15, -0.1) is 0 Å². The Labute approximate surface area is 136 Å². The second-order valence-corrected chi connectivity index (χ2v) is 7.87. The van der Waals surface area contributed by atoms with Crippen molar-refractivity contribution in [2.24, 2.45) is 0 Å². The molecule has 0 radical (unpaired) electrons. The molecule has 2 aromatic carbocycles. The molecule has 1 aliphatic heterocycles. The van der Waals surface area contributed by atoms with E-state index in [-0.39, 0.29) is 9.79 Å². The van der Waals surface area contributed by atoms with Gasteiger partial charge in [0, 0.05) is 6.54 Å². The minimum atomic E-state index is -3.58. The smallest absolute Gasteiger partial charge is 0.206 e. The number of nitriles is 1. The van der Waals surface area contributed by atoms with Gasteiger partial charge >= 0.3 is 0 Å². The van der Waals surface area contributed by atoms with Gasteiger partial charge in [-0.25, -0.2) is 8.42 Å². The quantitative estimate of drug-likeness (QED) is 0.870. The highest BCUT2D eigenvalue weighted by molar-refractivity contribution is 7.91. The standard InChI is InChI=1S/C18H18N2O2S/c1-20-10-9-14(13-20)18-8-7-17(11-15(18)12-19)23(21,22)16-5-3-2-4-6-16/h2-8,11,14H,9-10,13H2,1H3. The minimum absolute atomic E-state index is 0.176. The van der Waals surface area contributed by atoms with Gasteiger partial charge in [0.1, 0.15) is 0 Å². The van der Waals surface area contributed by atoms with E-state index in [1.807, 2.05) is 0 Å². The predicted octanol–water partition coefficient (Wildman–Crippen LogP) is 2.81. The maximum Gasteiger partial charge on any atom is 0.206 e. The third-order valence-corrected chi connectivity index (χ3v) is 6.11. The summed E-state index contributed by atoms with van der Waals surface area (Å²) >= 11 is 0. The van der Waals surface area contributed by atoms with Crippen LogP contribution >= 0.6 is 0 Å². The third-order valence-electron chi connectivity index (χ3n) is 4.34. The predicted molar refractivity (Wildman–Crippen MR) is 87.9 cm³/mol. The molecule has 2 aromatic rings. The largest absolute Gasteiger partial charge is 0.306 e. The van der Waals surface area contributed by atoms with Gasteiger partial charge < -0.3 is 4.90 Å². The molecule has 1 atom stereocenters. The molecule has 0 N–H and O–H groups in total. The lowest BCUT2D eigenvalue weighted by atomic mass is 9.94. The van der Waals surface area contributed by atoms with Gasteiger partial charge in [0.15, 0.2) is 0 Å². The Kier molecular flexibility index (Phi) is 4.20. The van der Waals surface area contributed by atoms with Crippen molar-refractivity contribution in [1.29, 1.82) is 5.26 Å². The topological polar surface area (TPSA) is 61.2 Å². The molecule has 4 nitrogen and oxygen atoms in total. The van der Waals surface area contributed by atoms with Crippen molar-refractivity contribution in [3.63, 3.8) is 0 Å². The Morgan fingerprint density at radius 2 is 1.87 bits per heavy atom. The maximum atomic E-state index is 12.7. The molecule has 0 bridgehead atoms. The average molecular weight is 326 g/mol. The van der Waals surface area contributed by atoms with Crippen LogP contribution in [0.15, 0.2) is 58.3 Å². The van der Waals surface area contributed by atoms with E-state index in [0.717, 1.165) is 25.1 Å². The first-order valence-electron chi connectivity index (χ1n) is 7.55. The molecule has 0 spiro atoms. The number of hydrogen-bond donors (Lipinski definition) is 0. The molecule has 0 aromatic heterocycles. The Morgan fingerprint density at radius 1 is 1.13 bits per heavy atom. The van der Waals surface area contributed by atoms with Crippen LogP contribution < -0.4 is 0 Å². The Balaban J connectivity index is 2.02. The first-order valence-corrected chi connectivity index (χ1v) is 9.03. The molecular formula is C18H18N2O2S. The molecule has 118 valence electrons. The minimum Gasteiger partial charge on any atom is -0.306 e. The number of benzene rings is 2. The van der Waals surface area contributed by atoms with Gasteiger partial charge in [-0.1, -0.05) is 24.3 Å². The van der Waals surface area contributed by atoms with Gasteiger partial charge in [-0.05, 0) is 55.8 Å². The van der Waals surface area contributed by atoms with Gasteiger partial charge in [-0.3, -0.25) is 0 Å². The van der Waals surface area contributed by atoms with Crippen LogP contribution in [0.1, 0.15) is 23.5 Å². The highest BCUT2D eigenvalue weighted by atomic mass is 32.2. The molecule has 1 aliphatic rings. The van der Waals surface area contributed by atoms with Crippen LogP contribution in [-0.2, 0) is 9.84 Å². The van der Waals surface area contributed by atoms with Crippen molar-refractivity contribution in [3.8, 4) is 6.07 Å². The van der Waals surface area contributed by atoms with Crippen molar-refractivity contribution in [2.45, 2.75) is 22.1 Å². The fraction of sp³-hybridized carbons (Fsp3) is 0.278. The Hall–Kier alpha value is -2.16. The number of nitrogens with zero attached hydrogens (tertiary/aromatic N) is 2. The number of likely N-dealkylation sites (N-methyl/N-ethyl adjacent to an activating group) is 1. The van der Waals surface area contributed by atoms with Crippen molar-refractivity contribution in [3.05, 3.63) is 59.7 Å². The zero-order valence-electron chi connectivity index (χ0n) is 12.9. The average Bonchev–Trinajstić information content (AvgIpc) is 3.01. The van der Waals surface area contributed by atoms with E-state index in [1.54, 1.807) is 42.5 Å². The summed E-state index contributed by atoms with van der Waals surface area (Å²) < 4.78 is 25.3. The maximum absolute atomic E-state index is 12.7. The van der Waals surface area contributed by atoms with E-state index in [1.165, 1.54) is 6.07 Å². The summed E-state index contributed by atoms with van der Waals surface area (Å²) in [7, 11) is -1.53. The zero-order chi connectivity index (χ0) is 16.4. The lowest BCUT2D eigenvalue weighted by molar-refractivity contribution is 0.411. The van der Waals surface area contributed by atoms with E-state index >= 15 is 0 Å². The van der Waals surface area contributed by atoms with E-state index < -0.39 is 9.84 Å². The first-order chi connectivity index (χ1) is 11.0. The molecule has 23 heavy (non-hydrogen) atoms. The molecule has 1 fully saturated rings. The molecule has 0 saturated carbocycles. The highest BCUT2D eigenvalue weighted by Gasteiger charge is 2.25.